The van der Waals surface area contributed by atoms with Gasteiger partial charge in [0.05, 0.1) is 6.61 Å². The lowest BCUT2D eigenvalue weighted by Crippen LogP contribution is -2.28. The Morgan fingerprint density at radius 2 is 2.53 bits per heavy atom. The van der Waals surface area contributed by atoms with Crippen molar-refractivity contribution in [1.29, 1.82) is 0 Å². The summed E-state index contributed by atoms with van der Waals surface area (Å²) >= 11 is 0. The third-order valence-electron chi connectivity index (χ3n) is 2.08. The SMILES string of the molecule is C=CC(=O)NCC(CO)c1cccnc1. The zero-order valence-electron chi connectivity index (χ0n) is 8.39. The largest absolute Gasteiger partial charge is 0.396 e. The van der Waals surface area contributed by atoms with Crippen LogP contribution in [0.3, 0.4) is 0 Å². The van der Waals surface area contributed by atoms with Crippen LogP contribution in [0.1, 0.15) is 11.5 Å². The van der Waals surface area contributed by atoms with Crippen LogP contribution in [-0.4, -0.2) is 29.1 Å². The predicted octanol–water partition coefficient (Wildman–Crippen LogP) is 0.460. The maximum atomic E-state index is 10.9. The molecular formula is C11H14N2O2. The van der Waals surface area contributed by atoms with Crippen molar-refractivity contribution in [2.24, 2.45) is 0 Å². The van der Waals surface area contributed by atoms with Gasteiger partial charge in [-0.25, -0.2) is 0 Å². The summed E-state index contributed by atoms with van der Waals surface area (Å²) in [7, 11) is 0. The van der Waals surface area contributed by atoms with Crippen LogP contribution in [0, 0.1) is 0 Å². The molecule has 0 bridgehead atoms. The molecule has 0 aliphatic carbocycles. The molecule has 1 unspecified atom stereocenters. The molecule has 80 valence electrons. The molecule has 4 heteroatoms. The number of pyridine rings is 1. The van der Waals surface area contributed by atoms with Crippen molar-refractivity contribution in [3.8, 4) is 0 Å². The molecule has 1 aromatic heterocycles. The normalized spacial score (nSPS) is 11.8. The van der Waals surface area contributed by atoms with Crippen molar-refractivity contribution < 1.29 is 9.90 Å². The van der Waals surface area contributed by atoms with Crippen LogP contribution in [0.15, 0.2) is 37.2 Å². The molecule has 0 aromatic carbocycles. The highest BCUT2D eigenvalue weighted by Gasteiger charge is 2.10. The van der Waals surface area contributed by atoms with Crippen LogP contribution in [0.5, 0.6) is 0 Å². The zero-order valence-corrected chi connectivity index (χ0v) is 8.39. The molecule has 0 radical (unpaired) electrons. The third kappa shape index (κ3) is 3.52. The van der Waals surface area contributed by atoms with E-state index in [2.05, 4.69) is 16.9 Å². The van der Waals surface area contributed by atoms with Gasteiger partial charge in [0.2, 0.25) is 5.91 Å². The van der Waals surface area contributed by atoms with Crippen LogP contribution in [-0.2, 0) is 4.79 Å². The van der Waals surface area contributed by atoms with Gasteiger partial charge < -0.3 is 10.4 Å². The fourth-order valence-electron chi connectivity index (χ4n) is 1.20. The number of amides is 1. The van der Waals surface area contributed by atoms with Crippen molar-refractivity contribution in [3.63, 3.8) is 0 Å². The maximum absolute atomic E-state index is 10.9. The Labute approximate surface area is 88.7 Å². The molecule has 1 atom stereocenters. The summed E-state index contributed by atoms with van der Waals surface area (Å²) in [5.41, 5.74) is 0.907. The summed E-state index contributed by atoms with van der Waals surface area (Å²) in [5, 5.41) is 11.8. The molecule has 4 nitrogen and oxygen atoms in total. The molecule has 1 aromatic rings. The highest BCUT2D eigenvalue weighted by atomic mass is 16.3. The van der Waals surface area contributed by atoms with Crippen molar-refractivity contribution in [2.45, 2.75) is 5.92 Å². The lowest BCUT2D eigenvalue weighted by Gasteiger charge is -2.14. The molecule has 1 rings (SSSR count). The Bertz CT molecular complexity index is 325. The molecule has 1 heterocycles. The molecule has 0 fully saturated rings. The second-order valence-corrected chi connectivity index (χ2v) is 3.12. The van der Waals surface area contributed by atoms with Crippen molar-refractivity contribution in [2.75, 3.05) is 13.2 Å². The number of rotatable bonds is 5. The second-order valence-electron chi connectivity index (χ2n) is 3.12. The summed E-state index contributed by atoms with van der Waals surface area (Å²) < 4.78 is 0. The summed E-state index contributed by atoms with van der Waals surface area (Å²) in [5.74, 6) is -0.361. The van der Waals surface area contributed by atoms with Crippen molar-refractivity contribution >= 4 is 5.91 Å². The molecular weight excluding hydrogens is 192 g/mol. The summed E-state index contributed by atoms with van der Waals surface area (Å²) in [6, 6.07) is 3.67. The Balaban J connectivity index is 2.57. The third-order valence-corrected chi connectivity index (χ3v) is 2.08. The van der Waals surface area contributed by atoms with E-state index in [-0.39, 0.29) is 18.4 Å². The smallest absolute Gasteiger partial charge is 0.243 e. The number of aliphatic hydroxyl groups is 1. The van der Waals surface area contributed by atoms with E-state index in [1.807, 2.05) is 6.07 Å². The minimum absolute atomic E-state index is 0.0247. The molecule has 15 heavy (non-hydrogen) atoms. The first kappa shape index (κ1) is 11.4. The van der Waals surface area contributed by atoms with Crippen LogP contribution in [0.4, 0.5) is 0 Å². The fraction of sp³-hybridized carbons (Fsp3) is 0.273. The van der Waals surface area contributed by atoms with E-state index in [1.54, 1.807) is 18.5 Å². The molecule has 0 saturated carbocycles. The fourth-order valence-corrected chi connectivity index (χ4v) is 1.20. The van der Waals surface area contributed by atoms with Gasteiger partial charge in [0.25, 0.3) is 0 Å². The van der Waals surface area contributed by atoms with Gasteiger partial charge in [0, 0.05) is 24.9 Å². The number of carbonyl (C=O) groups excluding carboxylic acids is 1. The predicted molar refractivity (Wildman–Crippen MR) is 57.3 cm³/mol. The number of nitrogens with zero attached hydrogens (tertiary/aromatic N) is 1. The van der Waals surface area contributed by atoms with Crippen LogP contribution in [0.25, 0.3) is 0 Å². The lowest BCUT2D eigenvalue weighted by atomic mass is 10.0. The monoisotopic (exact) mass is 206 g/mol. The second kappa shape index (κ2) is 5.93. The Morgan fingerprint density at radius 3 is 3.07 bits per heavy atom. The van der Waals surface area contributed by atoms with Gasteiger partial charge in [0.15, 0.2) is 0 Å². The molecule has 2 N–H and O–H groups in total. The average Bonchev–Trinajstić information content (AvgIpc) is 2.31. The minimum atomic E-state index is -0.239. The number of carbonyl (C=O) groups is 1. The van der Waals surface area contributed by atoms with Gasteiger partial charge in [-0.3, -0.25) is 9.78 Å². The average molecular weight is 206 g/mol. The quantitative estimate of drug-likeness (QED) is 0.688. The van der Waals surface area contributed by atoms with E-state index in [0.29, 0.717) is 6.54 Å². The standard InChI is InChI=1S/C11H14N2O2/c1-2-11(15)13-7-10(8-14)9-4-3-5-12-6-9/h2-6,10,14H,1,7-8H2,(H,13,15). The number of hydrogen-bond donors (Lipinski definition) is 2. The Hall–Kier alpha value is -1.68. The molecule has 1 amide bonds. The van der Waals surface area contributed by atoms with Gasteiger partial charge in [0.1, 0.15) is 0 Å². The van der Waals surface area contributed by atoms with Gasteiger partial charge in [-0.1, -0.05) is 12.6 Å². The van der Waals surface area contributed by atoms with Crippen molar-refractivity contribution in [3.05, 3.63) is 42.7 Å². The highest BCUT2D eigenvalue weighted by Crippen LogP contribution is 2.12. The Morgan fingerprint density at radius 1 is 1.73 bits per heavy atom. The number of nitrogens with one attached hydrogen (secondary N) is 1. The van der Waals surface area contributed by atoms with Gasteiger partial charge in [-0.2, -0.15) is 0 Å². The van der Waals surface area contributed by atoms with E-state index < -0.39 is 0 Å². The van der Waals surface area contributed by atoms with Crippen LogP contribution < -0.4 is 5.32 Å². The van der Waals surface area contributed by atoms with Crippen LogP contribution in [0.2, 0.25) is 0 Å². The Kier molecular flexibility index (Phi) is 4.50. The highest BCUT2D eigenvalue weighted by molar-refractivity contribution is 5.86. The molecule has 0 aliphatic heterocycles. The zero-order chi connectivity index (χ0) is 11.1. The van der Waals surface area contributed by atoms with E-state index >= 15 is 0 Å². The number of hydrogen-bond acceptors (Lipinski definition) is 3. The molecule has 0 saturated heterocycles. The van der Waals surface area contributed by atoms with E-state index in [1.165, 1.54) is 6.08 Å². The summed E-state index contributed by atoms with van der Waals surface area (Å²) in [4.78, 5) is 14.9. The van der Waals surface area contributed by atoms with E-state index in [0.717, 1.165) is 5.56 Å². The minimum Gasteiger partial charge on any atom is -0.396 e. The summed E-state index contributed by atoms with van der Waals surface area (Å²) in [6.07, 6.45) is 4.55. The topological polar surface area (TPSA) is 62.2 Å². The lowest BCUT2D eigenvalue weighted by molar-refractivity contribution is -0.116. The first-order chi connectivity index (χ1) is 7.27. The maximum Gasteiger partial charge on any atom is 0.243 e. The molecule has 0 spiro atoms. The van der Waals surface area contributed by atoms with Gasteiger partial charge >= 0.3 is 0 Å². The van der Waals surface area contributed by atoms with Crippen LogP contribution >= 0.6 is 0 Å². The molecule has 0 aliphatic rings. The van der Waals surface area contributed by atoms with Crippen molar-refractivity contribution in [1.82, 2.24) is 10.3 Å². The van der Waals surface area contributed by atoms with E-state index in [9.17, 15) is 4.79 Å². The van der Waals surface area contributed by atoms with Gasteiger partial charge in [-0.15, -0.1) is 0 Å². The van der Waals surface area contributed by atoms with Gasteiger partial charge in [-0.05, 0) is 17.7 Å². The summed E-state index contributed by atoms with van der Waals surface area (Å²) in [6.45, 7) is 3.71. The first-order valence-corrected chi connectivity index (χ1v) is 4.69. The van der Waals surface area contributed by atoms with E-state index in [4.69, 9.17) is 5.11 Å². The number of aliphatic hydroxyl groups excluding tert-OH is 1. The first-order valence-electron chi connectivity index (χ1n) is 4.69. The number of aromatic nitrogens is 1.